The first-order valence-corrected chi connectivity index (χ1v) is 5.61. The molecule has 0 radical (unpaired) electrons. The number of ether oxygens (including phenoxy) is 1. The van der Waals surface area contributed by atoms with Crippen LogP contribution in [0.2, 0.25) is 0 Å². The number of cyclic esters (lactones) is 1. The maximum Gasteiger partial charge on any atom is 0.409 e. The molecule has 1 fully saturated rings. The van der Waals surface area contributed by atoms with Gasteiger partial charge in [-0.3, -0.25) is 0 Å². The van der Waals surface area contributed by atoms with E-state index >= 15 is 0 Å². The fraction of sp³-hybridized carbons (Fsp3) is 0.364. The topological polar surface area (TPSA) is 29.5 Å². The summed E-state index contributed by atoms with van der Waals surface area (Å²) in [7, 11) is 1.75. The van der Waals surface area contributed by atoms with Gasteiger partial charge in [-0.05, 0) is 11.6 Å². The van der Waals surface area contributed by atoms with Crippen LogP contribution >= 0.6 is 15.9 Å². The molecule has 0 saturated carbocycles. The van der Waals surface area contributed by atoms with E-state index in [2.05, 4.69) is 15.9 Å². The number of nitrogens with zero attached hydrogens (tertiary/aromatic N) is 1. The predicted molar refractivity (Wildman–Crippen MR) is 60.7 cm³/mol. The molecule has 1 unspecified atom stereocenters. The standard InChI is InChI=1S/C11H12BrNO2/c1-13-7-9(15-11(13)14)6-8-4-2-3-5-10(8)12/h2-5,9H,6-7H2,1H3. The van der Waals surface area contributed by atoms with Crippen molar-refractivity contribution >= 4 is 22.0 Å². The molecule has 1 saturated heterocycles. The van der Waals surface area contributed by atoms with Crippen molar-refractivity contribution in [3.63, 3.8) is 0 Å². The van der Waals surface area contributed by atoms with Crippen LogP contribution in [-0.2, 0) is 11.2 Å². The van der Waals surface area contributed by atoms with E-state index in [1.165, 1.54) is 5.56 Å². The second kappa shape index (κ2) is 4.23. The van der Waals surface area contributed by atoms with Gasteiger partial charge in [-0.1, -0.05) is 34.1 Å². The summed E-state index contributed by atoms with van der Waals surface area (Å²) in [6.07, 6.45) is 0.505. The predicted octanol–water partition coefficient (Wildman–Crippen LogP) is 2.44. The Morgan fingerprint density at radius 1 is 1.53 bits per heavy atom. The molecule has 80 valence electrons. The van der Waals surface area contributed by atoms with Gasteiger partial charge in [0, 0.05) is 17.9 Å². The van der Waals surface area contributed by atoms with Crippen LogP contribution in [0.4, 0.5) is 4.79 Å². The molecule has 1 amide bonds. The highest BCUT2D eigenvalue weighted by Crippen LogP contribution is 2.20. The molecular weight excluding hydrogens is 258 g/mol. The number of benzene rings is 1. The first-order chi connectivity index (χ1) is 7.16. The molecule has 3 nitrogen and oxygen atoms in total. The smallest absolute Gasteiger partial charge is 0.409 e. The van der Waals surface area contributed by atoms with Crippen molar-refractivity contribution in [1.82, 2.24) is 4.90 Å². The first-order valence-electron chi connectivity index (χ1n) is 4.82. The second-order valence-electron chi connectivity index (χ2n) is 3.68. The normalized spacial score (nSPS) is 20.5. The largest absolute Gasteiger partial charge is 0.444 e. The van der Waals surface area contributed by atoms with Gasteiger partial charge < -0.3 is 9.64 Å². The Labute approximate surface area is 97.2 Å². The average molecular weight is 270 g/mol. The van der Waals surface area contributed by atoms with E-state index in [-0.39, 0.29) is 12.2 Å². The molecule has 1 heterocycles. The number of carbonyl (C=O) groups excluding carboxylic acids is 1. The third-order valence-corrected chi connectivity index (χ3v) is 3.24. The molecule has 0 N–H and O–H groups in total. The Kier molecular flexibility index (Phi) is 2.95. The van der Waals surface area contributed by atoms with Crippen molar-refractivity contribution in [1.29, 1.82) is 0 Å². The molecular formula is C11H12BrNO2. The first kappa shape index (κ1) is 10.5. The van der Waals surface area contributed by atoms with Crippen molar-refractivity contribution in [2.75, 3.05) is 13.6 Å². The van der Waals surface area contributed by atoms with Gasteiger partial charge in [0.15, 0.2) is 0 Å². The molecule has 15 heavy (non-hydrogen) atoms. The monoisotopic (exact) mass is 269 g/mol. The summed E-state index contributed by atoms with van der Waals surface area (Å²) in [5.74, 6) is 0. The SMILES string of the molecule is CN1CC(Cc2ccccc2Br)OC1=O. The minimum Gasteiger partial charge on any atom is -0.444 e. The lowest BCUT2D eigenvalue weighted by molar-refractivity contribution is 0.134. The summed E-state index contributed by atoms with van der Waals surface area (Å²) in [6, 6.07) is 7.99. The molecule has 1 aliphatic rings. The quantitative estimate of drug-likeness (QED) is 0.826. The van der Waals surface area contributed by atoms with Crippen LogP contribution in [0.15, 0.2) is 28.7 Å². The van der Waals surface area contributed by atoms with Gasteiger partial charge in [-0.15, -0.1) is 0 Å². The number of rotatable bonds is 2. The third-order valence-electron chi connectivity index (χ3n) is 2.46. The van der Waals surface area contributed by atoms with E-state index in [4.69, 9.17) is 4.74 Å². The highest BCUT2D eigenvalue weighted by atomic mass is 79.9. The van der Waals surface area contributed by atoms with Crippen LogP contribution in [0.1, 0.15) is 5.56 Å². The Bertz CT molecular complexity index is 381. The lowest BCUT2D eigenvalue weighted by Gasteiger charge is -2.09. The van der Waals surface area contributed by atoms with E-state index in [0.29, 0.717) is 6.54 Å². The molecule has 0 bridgehead atoms. The minimum atomic E-state index is -0.230. The van der Waals surface area contributed by atoms with Gasteiger partial charge in [0.25, 0.3) is 0 Å². The van der Waals surface area contributed by atoms with Crippen LogP contribution in [0.25, 0.3) is 0 Å². The van der Waals surface area contributed by atoms with E-state index in [1.807, 2.05) is 24.3 Å². The Morgan fingerprint density at radius 3 is 2.87 bits per heavy atom. The summed E-state index contributed by atoms with van der Waals surface area (Å²) < 4.78 is 6.26. The molecule has 1 aromatic carbocycles. The number of hydrogen-bond acceptors (Lipinski definition) is 2. The number of halogens is 1. The molecule has 0 aromatic heterocycles. The molecule has 1 aliphatic heterocycles. The van der Waals surface area contributed by atoms with E-state index in [1.54, 1.807) is 11.9 Å². The fourth-order valence-corrected chi connectivity index (χ4v) is 2.11. The number of hydrogen-bond donors (Lipinski definition) is 0. The van der Waals surface area contributed by atoms with Gasteiger partial charge in [-0.2, -0.15) is 0 Å². The van der Waals surface area contributed by atoms with Gasteiger partial charge in [0.2, 0.25) is 0 Å². The van der Waals surface area contributed by atoms with Crippen molar-refractivity contribution < 1.29 is 9.53 Å². The molecule has 0 spiro atoms. The van der Waals surface area contributed by atoms with Gasteiger partial charge in [-0.25, -0.2) is 4.79 Å². The van der Waals surface area contributed by atoms with Gasteiger partial charge >= 0.3 is 6.09 Å². The summed E-state index contributed by atoms with van der Waals surface area (Å²) in [5.41, 5.74) is 1.17. The highest BCUT2D eigenvalue weighted by Gasteiger charge is 2.28. The van der Waals surface area contributed by atoms with Crippen LogP contribution < -0.4 is 0 Å². The van der Waals surface area contributed by atoms with Gasteiger partial charge in [0.1, 0.15) is 6.10 Å². The summed E-state index contributed by atoms with van der Waals surface area (Å²) in [4.78, 5) is 12.8. The average Bonchev–Trinajstić information content (AvgIpc) is 2.50. The van der Waals surface area contributed by atoms with Crippen LogP contribution in [0.3, 0.4) is 0 Å². The van der Waals surface area contributed by atoms with E-state index in [9.17, 15) is 4.79 Å². The zero-order valence-electron chi connectivity index (χ0n) is 8.44. The Hall–Kier alpha value is -1.03. The minimum absolute atomic E-state index is 0.0267. The van der Waals surface area contributed by atoms with E-state index < -0.39 is 0 Å². The Morgan fingerprint density at radius 2 is 2.27 bits per heavy atom. The third kappa shape index (κ3) is 2.31. The number of carbonyl (C=O) groups is 1. The molecule has 1 aromatic rings. The van der Waals surface area contributed by atoms with E-state index in [0.717, 1.165) is 10.9 Å². The molecule has 1 atom stereocenters. The second-order valence-corrected chi connectivity index (χ2v) is 4.54. The maximum absolute atomic E-state index is 11.2. The Balaban J connectivity index is 2.05. The zero-order valence-corrected chi connectivity index (χ0v) is 10.0. The lowest BCUT2D eigenvalue weighted by Crippen LogP contribution is -2.20. The molecule has 2 rings (SSSR count). The van der Waals surface area contributed by atoms with Crippen LogP contribution in [-0.4, -0.2) is 30.7 Å². The summed E-state index contributed by atoms with van der Waals surface area (Å²) in [6.45, 7) is 0.667. The molecule has 4 heteroatoms. The van der Waals surface area contributed by atoms with Crippen LogP contribution in [0, 0.1) is 0 Å². The summed E-state index contributed by atoms with van der Waals surface area (Å²) in [5, 5.41) is 0. The molecule has 0 aliphatic carbocycles. The van der Waals surface area contributed by atoms with Gasteiger partial charge in [0.05, 0.1) is 6.54 Å². The van der Waals surface area contributed by atoms with Crippen molar-refractivity contribution in [3.8, 4) is 0 Å². The van der Waals surface area contributed by atoms with Crippen molar-refractivity contribution in [2.45, 2.75) is 12.5 Å². The summed E-state index contributed by atoms with van der Waals surface area (Å²) >= 11 is 3.48. The fourth-order valence-electron chi connectivity index (χ4n) is 1.67. The number of likely N-dealkylation sites (N-methyl/N-ethyl adjacent to an activating group) is 1. The van der Waals surface area contributed by atoms with Crippen molar-refractivity contribution in [3.05, 3.63) is 34.3 Å². The lowest BCUT2D eigenvalue weighted by atomic mass is 10.1. The van der Waals surface area contributed by atoms with Crippen LogP contribution in [0.5, 0.6) is 0 Å². The number of amides is 1. The highest BCUT2D eigenvalue weighted by molar-refractivity contribution is 9.10. The maximum atomic E-state index is 11.2. The van der Waals surface area contributed by atoms with Crippen molar-refractivity contribution in [2.24, 2.45) is 0 Å². The zero-order chi connectivity index (χ0) is 10.8.